The second-order valence-electron chi connectivity index (χ2n) is 9.06. The van der Waals surface area contributed by atoms with E-state index in [1.165, 1.54) is 54.7 Å². The third kappa shape index (κ3) is 3.05. The molecule has 5 aromatic carbocycles. The minimum absolute atomic E-state index is 1.02. The molecule has 0 aromatic heterocycles. The van der Waals surface area contributed by atoms with E-state index in [2.05, 4.69) is 96.4 Å². The fourth-order valence-electron chi connectivity index (χ4n) is 5.40. The first kappa shape index (κ1) is 18.7. The SMILES string of the molecule is Cc1cccc(N2CCN(Cc3ccc4ccc5cccc6ccc3c4c56)CC2)c1C. The van der Waals surface area contributed by atoms with Crippen molar-refractivity contribution < 1.29 is 0 Å². The van der Waals surface area contributed by atoms with Crippen LogP contribution in [-0.4, -0.2) is 31.1 Å². The maximum Gasteiger partial charge on any atom is 0.0399 e. The standard InChI is InChI=1S/C29H28N2/c1-20-5-3-8-27(21(20)2)31-17-15-30(16-18-31)19-25-12-11-24-10-9-22-6-4-7-23-13-14-26(25)29(24)28(22)23/h3-14H,15-19H2,1-2H3. The van der Waals surface area contributed by atoms with Crippen LogP contribution in [0.15, 0.2) is 72.8 Å². The molecule has 0 N–H and O–H groups in total. The number of anilines is 1. The predicted molar refractivity (Wildman–Crippen MR) is 134 cm³/mol. The topological polar surface area (TPSA) is 6.48 Å². The zero-order chi connectivity index (χ0) is 20.9. The van der Waals surface area contributed by atoms with Crippen molar-refractivity contribution in [3.63, 3.8) is 0 Å². The Bertz CT molecular complexity index is 1380. The highest BCUT2D eigenvalue weighted by atomic mass is 15.3. The van der Waals surface area contributed by atoms with E-state index in [-0.39, 0.29) is 0 Å². The first-order chi connectivity index (χ1) is 15.2. The lowest BCUT2D eigenvalue weighted by Crippen LogP contribution is -2.46. The zero-order valence-corrected chi connectivity index (χ0v) is 18.4. The minimum atomic E-state index is 1.02. The van der Waals surface area contributed by atoms with Gasteiger partial charge in [0, 0.05) is 38.4 Å². The van der Waals surface area contributed by atoms with Crippen molar-refractivity contribution in [1.29, 1.82) is 0 Å². The summed E-state index contributed by atoms with van der Waals surface area (Å²) in [4.78, 5) is 5.18. The number of aryl methyl sites for hydroxylation is 1. The highest BCUT2D eigenvalue weighted by molar-refractivity contribution is 6.23. The Kier molecular flexibility index (Phi) is 4.36. The van der Waals surface area contributed by atoms with E-state index in [1.807, 2.05) is 0 Å². The first-order valence-electron chi connectivity index (χ1n) is 11.4. The molecule has 0 unspecified atom stereocenters. The maximum absolute atomic E-state index is 2.62. The van der Waals surface area contributed by atoms with Gasteiger partial charge in [-0.1, -0.05) is 66.7 Å². The van der Waals surface area contributed by atoms with Gasteiger partial charge in [-0.05, 0) is 68.9 Å². The summed E-state index contributed by atoms with van der Waals surface area (Å²) in [6, 6.07) is 27.1. The van der Waals surface area contributed by atoms with E-state index in [4.69, 9.17) is 0 Å². The Morgan fingerprint density at radius 2 is 1.29 bits per heavy atom. The molecule has 0 aliphatic carbocycles. The van der Waals surface area contributed by atoms with Crippen LogP contribution in [0.1, 0.15) is 16.7 Å². The molecule has 1 heterocycles. The largest absolute Gasteiger partial charge is 0.369 e. The van der Waals surface area contributed by atoms with Gasteiger partial charge in [0.1, 0.15) is 0 Å². The van der Waals surface area contributed by atoms with Crippen molar-refractivity contribution in [3.8, 4) is 0 Å². The van der Waals surface area contributed by atoms with Gasteiger partial charge >= 0.3 is 0 Å². The molecule has 31 heavy (non-hydrogen) atoms. The van der Waals surface area contributed by atoms with E-state index in [9.17, 15) is 0 Å². The van der Waals surface area contributed by atoms with Gasteiger partial charge in [-0.2, -0.15) is 0 Å². The van der Waals surface area contributed by atoms with E-state index in [0.29, 0.717) is 0 Å². The fourth-order valence-corrected chi connectivity index (χ4v) is 5.40. The summed E-state index contributed by atoms with van der Waals surface area (Å²) in [6.45, 7) is 9.89. The molecule has 2 nitrogen and oxygen atoms in total. The summed E-state index contributed by atoms with van der Waals surface area (Å²) in [6.07, 6.45) is 0. The van der Waals surface area contributed by atoms with Crippen LogP contribution in [0.25, 0.3) is 32.3 Å². The normalized spacial score (nSPS) is 15.5. The molecule has 0 bridgehead atoms. The molecule has 1 fully saturated rings. The second kappa shape index (κ2) is 7.25. The van der Waals surface area contributed by atoms with Gasteiger partial charge in [0.05, 0.1) is 0 Å². The molecule has 0 amide bonds. The third-order valence-electron chi connectivity index (χ3n) is 7.30. The summed E-state index contributed by atoms with van der Waals surface area (Å²) in [5, 5.41) is 8.30. The second-order valence-corrected chi connectivity index (χ2v) is 9.06. The van der Waals surface area contributed by atoms with E-state index < -0.39 is 0 Å². The van der Waals surface area contributed by atoms with Crippen LogP contribution in [0.3, 0.4) is 0 Å². The molecule has 1 aliphatic heterocycles. The quantitative estimate of drug-likeness (QED) is 0.316. The van der Waals surface area contributed by atoms with Crippen LogP contribution in [0.2, 0.25) is 0 Å². The van der Waals surface area contributed by atoms with Crippen LogP contribution in [-0.2, 0) is 6.54 Å². The van der Waals surface area contributed by atoms with Crippen LogP contribution in [0.4, 0.5) is 5.69 Å². The molecule has 1 aliphatic rings. The van der Waals surface area contributed by atoms with Crippen LogP contribution >= 0.6 is 0 Å². The first-order valence-corrected chi connectivity index (χ1v) is 11.4. The van der Waals surface area contributed by atoms with Gasteiger partial charge < -0.3 is 4.90 Å². The molecule has 0 saturated carbocycles. The van der Waals surface area contributed by atoms with Gasteiger partial charge in [0.25, 0.3) is 0 Å². The summed E-state index contributed by atoms with van der Waals surface area (Å²) < 4.78 is 0. The summed E-state index contributed by atoms with van der Waals surface area (Å²) in [7, 11) is 0. The van der Waals surface area contributed by atoms with Crippen molar-refractivity contribution >= 4 is 38.0 Å². The van der Waals surface area contributed by atoms with Crippen LogP contribution in [0, 0.1) is 13.8 Å². The average Bonchev–Trinajstić information content (AvgIpc) is 2.81. The van der Waals surface area contributed by atoms with Crippen molar-refractivity contribution in [2.75, 3.05) is 31.1 Å². The molecule has 1 saturated heterocycles. The maximum atomic E-state index is 2.62. The lowest BCUT2D eigenvalue weighted by atomic mass is 9.92. The highest BCUT2D eigenvalue weighted by Gasteiger charge is 2.20. The molecular formula is C29H28N2. The lowest BCUT2D eigenvalue weighted by Gasteiger charge is -2.37. The number of hydrogen-bond donors (Lipinski definition) is 0. The molecule has 2 heteroatoms. The number of nitrogens with zero attached hydrogens (tertiary/aromatic N) is 2. The molecule has 154 valence electrons. The summed E-state index contributed by atoms with van der Waals surface area (Å²) in [5.74, 6) is 0. The molecule has 5 aromatic rings. The van der Waals surface area contributed by atoms with Crippen LogP contribution < -0.4 is 4.90 Å². The minimum Gasteiger partial charge on any atom is -0.369 e. The van der Waals surface area contributed by atoms with E-state index in [0.717, 1.165) is 32.7 Å². The molecule has 0 radical (unpaired) electrons. The van der Waals surface area contributed by atoms with E-state index in [1.54, 1.807) is 0 Å². The average molecular weight is 405 g/mol. The van der Waals surface area contributed by atoms with Gasteiger partial charge in [-0.3, -0.25) is 4.90 Å². The van der Waals surface area contributed by atoms with Gasteiger partial charge in [-0.15, -0.1) is 0 Å². The van der Waals surface area contributed by atoms with Crippen molar-refractivity contribution in [3.05, 3.63) is 89.5 Å². The van der Waals surface area contributed by atoms with E-state index >= 15 is 0 Å². The Hall–Kier alpha value is -3.10. The van der Waals surface area contributed by atoms with Gasteiger partial charge in [0.15, 0.2) is 0 Å². The van der Waals surface area contributed by atoms with Gasteiger partial charge in [-0.25, -0.2) is 0 Å². The number of rotatable bonds is 3. The van der Waals surface area contributed by atoms with Crippen molar-refractivity contribution in [1.82, 2.24) is 4.90 Å². The summed E-state index contributed by atoms with van der Waals surface area (Å²) in [5.41, 5.74) is 5.66. The zero-order valence-electron chi connectivity index (χ0n) is 18.4. The molecule has 0 spiro atoms. The monoisotopic (exact) mass is 404 g/mol. The molecular weight excluding hydrogens is 376 g/mol. The molecule has 0 atom stereocenters. The smallest absolute Gasteiger partial charge is 0.0399 e. The molecule has 6 rings (SSSR count). The Balaban J connectivity index is 1.29. The Labute approximate surface area is 184 Å². The summed E-state index contributed by atoms with van der Waals surface area (Å²) >= 11 is 0. The number of benzene rings is 5. The predicted octanol–water partition coefficient (Wildman–Crippen LogP) is 6.52. The van der Waals surface area contributed by atoms with Crippen molar-refractivity contribution in [2.24, 2.45) is 0 Å². The van der Waals surface area contributed by atoms with Crippen LogP contribution in [0.5, 0.6) is 0 Å². The Morgan fingerprint density at radius 1 is 0.645 bits per heavy atom. The lowest BCUT2D eigenvalue weighted by molar-refractivity contribution is 0.250. The van der Waals surface area contributed by atoms with Crippen molar-refractivity contribution in [2.45, 2.75) is 20.4 Å². The third-order valence-corrected chi connectivity index (χ3v) is 7.30. The highest BCUT2D eigenvalue weighted by Crippen LogP contribution is 2.36. The van der Waals surface area contributed by atoms with Gasteiger partial charge in [0.2, 0.25) is 0 Å². The Morgan fingerprint density at radius 3 is 2.06 bits per heavy atom. The number of piperazine rings is 1. The number of hydrogen-bond acceptors (Lipinski definition) is 2. The fraction of sp³-hybridized carbons (Fsp3) is 0.241.